The van der Waals surface area contributed by atoms with Crippen LogP contribution in [-0.4, -0.2) is 12.6 Å². The summed E-state index contributed by atoms with van der Waals surface area (Å²) in [7, 11) is 0. The van der Waals surface area contributed by atoms with Crippen LogP contribution in [-0.2, 0) is 4.74 Å². The first-order chi connectivity index (χ1) is 7.65. The number of carbonyl (C=O) groups is 1. The number of rotatable bonds is 5. The highest BCUT2D eigenvalue weighted by molar-refractivity contribution is 5.89. The third kappa shape index (κ3) is 3.69. The molecular formula is C14H20O2. The summed E-state index contributed by atoms with van der Waals surface area (Å²) >= 11 is 0. The highest BCUT2D eigenvalue weighted by Crippen LogP contribution is 2.16. The van der Waals surface area contributed by atoms with Gasteiger partial charge in [-0.05, 0) is 30.0 Å². The van der Waals surface area contributed by atoms with Crippen molar-refractivity contribution in [1.29, 1.82) is 0 Å². The second-order valence-corrected chi connectivity index (χ2v) is 4.27. The molecule has 0 fully saturated rings. The summed E-state index contributed by atoms with van der Waals surface area (Å²) < 4.78 is 5.16. The molecule has 1 aromatic carbocycles. The third-order valence-corrected chi connectivity index (χ3v) is 2.52. The summed E-state index contributed by atoms with van der Waals surface area (Å²) in [5.74, 6) is 0.222. The second-order valence-electron chi connectivity index (χ2n) is 4.27. The molecule has 0 saturated carbocycles. The van der Waals surface area contributed by atoms with Gasteiger partial charge in [-0.15, -0.1) is 0 Å². The summed E-state index contributed by atoms with van der Waals surface area (Å²) in [6.07, 6.45) is 1.97. The van der Waals surface area contributed by atoms with Crippen molar-refractivity contribution in [1.82, 2.24) is 0 Å². The predicted molar refractivity (Wildman–Crippen MR) is 65.7 cm³/mol. The van der Waals surface area contributed by atoms with Gasteiger partial charge in [-0.3, -0.25) is 0 Å². The monoisotopic (exact) mass is 220 g/mol. The summed E-state index contributed by atoms with van der Waals surface area (Å²) in [6.45, 7) is 6.82. The molecule has 0 spiro atoms. The van der Waals surface area contributed by atoms with Crippen LogP contribution < -0.4 is 0 Å². The van der Waals surface area contributed by atoms with Crippen LogP contribution in [0.5, 0.6) is 0 Å². The normalized spacial score (nSPS) is 10.5. The van der Waals surface area contributed by atoms with E-state index in [1.165, 1.54) is 5.56 Å². The van der Waals surface area contributed by atoms with E-state index in [1.54, 1.807) is 6.07 Å². The van der Waals surface area contributed by atoms with Gasteiger partial charge in [0.1, 0.15) is 0 Å². The molecule has 0 aliphatic rings. The molecular weight excluding hydrogens is 200 g/mol. The largest absolute Gasteiger partial charge is 0.462 e. The lowest BCUT2D eigenvalue weighted by atomic mass is 10.0. The molecule has 0 atom stereocenters. The van der Waals surface area contributed by atoms with Crippen molar-refractivity contribution in [3.05, 3.63) is 35.4 Å². The van der Waals surface area contributed by atoms with Crippen LogP contribution in [0.15, 0.2) is 24.3 Å². The molecule has 2 heteroatoms. The Balaban J connectivity index is 2.64. The molecule has 16 heavy (non-hydrogen) atoms. The second kappa shape index (κ2) is 6.31. The van der Waals surface area contributed by atoms with Crippen molar-refractivity contribution >= 4 is 5.97 Å². The lowest BCUT2D eigenvalue weighted by molar-refractivity contribution is 0.0499. The predicted octanol–water partition coefficient (Wildman–Crippen LogP) is 3.77. The Hall–Kier alpha value is -1.31. The van der Waals surface area contributed by atoms with Gasteiger partial charge in [-0.25, -0.2) is 4.79 Å². The van der Waals surface area contributed by atoms with Crippen LogP contribution in [0.1, 0.15) is 55.5 Å². The van der Waals surface area contributed by atoms with E-state index in [4.69, 9.17) is 4.74 Å². The minimum atomic E-state index is -0.212. The van der Waals surface area contributed by atoms with Crippen molar-refractivity contribution in [3.63, 3.8) is 0 Å². The molecule has 88 valence electrons. The van der Waals surface area contributed by atoms with Gasteiger partial charge < -0.3 is 4.74 Å². The van der Waals surface area contributed by atoms with Crippen molar-refractivity contribution < 1.29 is 9.53 Å². The van der Waals surface area contributed by atoms with E-state index in [1.807, 2.05) is 18.2 Å². The molecule has 0 N–H and O–H groups in total. The Morgan fingerprint density at radius 2 is 2.12 bits per heavy atom. The Kier molecular flexibility index (Phi) is 5.03. The minimum absolute atomic E-state index is 0.212. The van der Waals surface area contributed by atoms with Crippen LogP contribution in [0.4, 0.5) is 0 Å². The first-order valence-corrected chi connectivity index (χ1v) is 5.92. The average Bonchev–Trinajstić information content (AvgIpc) is 2.29. The molecule has 0 aliphatic heterocycles. The molecule has 0 saturated heterocycles. The summed E-state index contributed by atoms with van der Waals surface area (Å²) in [5, 5.41) is 0. The summed E-state index contributed by atoms with van der Waals surface area (Å²) in [4.78, 5) is 11.7. The van der Waals surface area contributed by atoms with Gasteiger partial charge in [0, 0.05) is 0 Å². The Morgan fingerprint density at radius 3 is 2.75 bits per heavy atom. The highest BCUT2D eigenvalue weighted by atomic mass is 16.5. The van der Waals surface area contributed by atoms with Gasteiger partial charge in [-0.1, -0.05) is 39.3 Å². The molecule has 0 bridgehead atoms. The van der Waals surface area contributed by atoms with E-state index in [9.17, 15) is 4.79 Å². The number of carbonyl (C=O) groups excluding carboxylic acids is 1. The maximum Gasteiger partial charge on any atom is 0.338 e. The SMILES string of the molecule is CCCCOC(=O)c1cccc(C(C)C)c1. The fourth-order valence-corrected chi connectivity index (χ4v) is 1.42. The van der Waals surface area contributed by atoms with Crippen LogP contribution in [0.25, 0.3) is 0 Å². The molecule has 1 rings (SSSR count). The zero-order chi connectivity index (χ0) is 12.0. The Morgan fingerprint density at radius 1 is 1.38 bits per heavy atom. The van der Waals surface area contributed by atoms with E-state index < -0.39 is 0 Å². The van der Waals surface area contributed by atoms with E-state index in [0.29, 0.717) is 18.1 Å². The zero-order valence-corrected chi connectivity index (χ0v) is 10.3. The smallest absolute Gasteiger partial charge is 0.338 e. The maximum absolute atomic E-state index is 11.7. The molecule has 2 nitrogen and oxygen atoms in total. The fraction of sp³-hybridized carbons (Fsp3) is 0.500. The van der Waals surface area contributed by atoms with Crippen LogP contribution >= 0.6 is 0 Å². The van der Waals surface area contributed by atoms with Gasteiger partial charge in [0.15, 0.2) is 0 Å². The average molecular weight is 220 g/mol. The van der Waals surface area contributed by atoms with Gasteiger partial charge in [0.05, 0.1) is 12.2 Å². The zero-order valence-electron chi connectivity index (χ0n) is 10.3. The Bertz CT molecular complexity index is 342. The van der Waals surface area contributed by atoms with Crippen LogP contribution in [0.2, 0.25) is 0 Å². The van der Waals surface area contributed by atoms with E-state index in [-0.39, 0.29) is 5.97 Å². The number of unbranched alkanes of at least 4 members (excludes halogenated alkanes) is 1. The van der Waals surface area contributed by atoms with E-state index in [0.717, 1.165) is 12.8 Å². The number of benzene rings is 1. The maximum atomic E-state index is 11.7. The van der Waals surface area contributed by atoms with Gasteiger partial charge in [0.2, 0.25) is 0 Å². The van der Waals surface area contributed by atoms with Gasteiger partial charge >= 0.3 is 5.97 Å². The van der Waals surface area contributed by atoms with E-state index >= 15 is 0 Å². The molecule has 0 radical (unpaired) electrons. The molecule has 0 unspecified atom stereocenters. The molecule has 1 aromatic rings. The van der Waals surface area contributed by atoms with Gasteiger partial charge in [0.25, 0.3) is 0 Å². The van der Waals surface area contributed by atoms with E-state index in [2.05, 4.69) is 20.8 Å². The summed E-state index contributed by atoms with van der Waals surface area (Å²) in [6, 6.07) is 7.67. The third-order valence-electron chi connectivity index (χ3n) is 2.52. The summed E-state index contributed by atoms with van der Waals surface area (Å²) in [5.41, 5.74) is 1.83. The lowest BCUT2D eigenvalue weighted by Gasteiger charge is -2.08. The quantitative estimate of drug-likeness (QED) is 0.557. The fourth-order valence-electron chi connectivity index (χ4n) is 1.42. The first kappa shape index (κ1) is 12.8. The number of ether oxygens (including phenoxy) is 1. The molecule has 0 aromatic heterocycles. The van der Waals surface area contributed by atoms with Crippen molar-refractivity contribution in [2.24, 2.45) is 0 Å². The minimum Gasteiger partial charge on any atom is -0.462 e. The lowest BCUT2D eigenvalue weighted by Crippen LogP contribution is -2.06. The van der Waals surface area contributed by atoms with Crippen molar-refractivity contribution in [2.45, 2.75) is 39.5 Å². The standard InChI is InChI=1S/C14H20O2/c1-4-5-9-16-14(15)13-8-6-7-12(10-13)11(2)3/h6-8,10-11H,4-5,9H2,1-3H3. The highest BCUT2D eigenvalue weighted by Gasteiger charge is 2.08. The first-order valence-electron chi connectivity index (χ1n) is 5.92. The van der Waals surface area contributed by atoms with Gasteiger partial charge in [-0.2, -0.15) is 0 Å². The van der Waals surface area contributed by atoms with Crippen LogP contribution in [0, 0.1) is 0 Å². The van der Waals surface area contributed by atoms with Crippen LogP contribution in [0.3, 0.4) is 0 Å². The number of hydrogen-bond donors (Lipinski definition) is 0. The topological polar surface area (TPSA) is 26.3 Å². The van der Waals surface area contributed by atoms with Crippen molar-refractivity contribution in [3.8, 4) is 0 Å². The molecule has 0 amide bonds. The van der Waals surface area contributed by atoms with Crippen molar-refractivity contribution in [2.75, 3.05) is 6.61 Å². The Labute approximate surface area is 97.6 Å². The number of esters is 1. The molecule has 0 heterocycles. The molecule has 0 aliphatic carbocycles. The number of hydrogen-bond acceptors (Lipinski definition) is 2.